The second-order valence-corrected chi connectivity index (χ2v) is 8.85. The normalized spacial score (nSPS) is 13.4. The lowest BCUT2D eigenvalue weighted by atomic mass is 9.93. The maximum absolute atomic E-state index is 11.2. The van der Waals surface area contributed by atoms with Crippen molar-refractivity contribution in [1.29, 1.82) is 0 Å². The van der Waals surface area contributed by atoms with Crippen LogP contribution in [0, 0.1) is 5.92 Å². The van der Waals surface area contributed by atoms with Crippen LogP contribution in [0.2, 0.25) is 0 Å². The van der Waals surface area contributed by atoms with Gasteiger partial charge in [-0.3, -0.25) is 4.90 Å². The zero-order chi connectivity index (χ0) is 22.5. The standard InChI is InChI=1S/C23H34N4O3/c1-16(2)13-23(3,24)15-30-20-8-7-17(11-19(20)14-26(4)5)18-9-10-25-21(12-18)27(6)22(28)29/h7-12,16H,13-15,24H2,1-6H3,(H,28,29)/t23-/m0/s1. The maximum atomic E-state index is 11.2. The van der Waals surface area contributed by atoms with Crippen LogP contribution >= 0.6 is 0 Å². The van der Waals surface area contributed by atoms with Crippen LogP contribution in [0.5, 0.6) is 5.75 Å². The monoisotopic (exact) mass is 414 g/mol. The number of hydrogen-bond acceptors (Lipinski definition) is 5. The second kappa shape index (κ2) is 9.91. The molecule has 0 fully saturated rings. The summed E-state index contributed by atoms with van der Waals surface area (Å²) in [5, 5.41) is 9.21. The van der Waals surface area contributed by atoms with E-state index in [1.54, 1.807) is 12.3 Å². The summed E-state index contributed by atoms with van der Waals surface area (Å²) < 4.78 is 6.14. The Morgan fingerprint density at radius 2 is 1.87 bits per heavy atom. The molecule has 30 heavy (non-hydrogen) atoms. The molecule has 0 saturated heterocycles. The Kier molecular flexibility index (Phi) is 7.81. The van der Waals surface area contributed by atoms with Crippen LogP contribution < -0.4 is 15.4 Å². The van der Waals surface area contributed by atoms with Crippen molar-refractivity contribution in [3.05, 3.63) is 42.1 Å². The van der Waals surface area contributed by atoms with Crippen molar-refractivity contribution in [3.63, 3.8) is 0 Å². The Morgan fingerprint density at radius 3 is 2.47 bits per heavy atom. The van der Waals surface area contributed by atoms with E-state index >= 15 is 0 Å². The highest BCUT2D eigenvalue weighted by Crippen LogP contribution is 2.30. The van der Waals surface area contributed by atoms with E-state index in [-0.39, 0.29) is 0 Å². The number of hydrogen-bond donors (Lipinski definition) is 2. The molecule has 0 saturated carbocycles. The van der Waals surface area contributed by atoms with E-state index in [0.717, 1.165) is 33.8 Å². The molecule has 0 aliphatic carbocycles. The van der Waals surface area contributed by atoms with Gasteiger partial charge in [-0.2, -0.15) is 0 Å². The lowest BCUT2D eigenvalue weighted by molar-refractivity contribution is 0.203. The molecule has 0 aliphatic rings. The molecule has 0 unspecified atom stereocenters. The van der Waals surface area contributed by atoms with Gasteiger partial charge in [-0.05, 0) is 68.8 Å². The number of anilines is 1. The lowest BCUT2D eigenvalue weighted by Crippen LogP contribution is -2.43. The van der Waals surface area contributed by atoms with Crippen molar-refractivity contribution in [2.75, 3.05) is 32.6 Å². The molecule has 0 radical (unpaired) electrons. The molecule has 2 rings (SSSR count). The number of pyridine rings is 1. The summed E-state index contributed by atoms with van der Waals surface area (Å²) in [6.45, 7) is 7.48. The predicted octanol–water partition coefficient (Wildman–Crippen LogP) is 4.07. The van der Waals surface area contributed by atoms with Crippen molar-refractivity contribution in [3.8, 4) is 16.9 Å². The third-order valence-electron chi connectivity index (χ3n) is 4.69. The highest BCUT2D eigenvalue weighted by atomic mass is 16.5. The second-order valence-electron chi connectivity index (χ2n) is 8.85. The van der Waals surface area contributed by atoms with E-state index in [9.17, 15) is 9.90 Å². The number of amides is 1. The zero-order valence-electron chi connectivity index (χ0n) is 18.8. The Bertz CT molecular complexity index is 865. The van der Waals surface area contributed by atoms with E-state index in [2.05, 4.69) is 29.8 Å². The third-order valence-corrected chi connectivity index (χ3v) is 4.69. The first-order valence-electron chi connectivity index (χ1n) is 10.1. The summed E-state index contributed by atoms with van der Waals surface area (Å²) >= 11 is 0. The van der Waals surface area contributed by atoms with Crippen molar-refractivity contribution < 1.29 is 14.6 Å². The fourth-order valence-electron chi connectivity index (χ4n) is 3.48. The van der Waals surface area contributed by atoms with E-state index in [1.807, 2.05) is 39.2 Å². The molecule has 1 aromatic carbocycles. The van der Waals surface area contributed by atoms with Crippen molar-refractivity contribution in [2.24, 2.45) is 11.7 Å². The summed E-state index contributed by atoms with van der Waals surface area (Å²) in [6, 6.07) is 9.65. The molecular formula is C23H34N4O3. The van der Waals surface area contributed by atoms with Crippen LogP contribution in [0.4, 0.5) is 10.6 Å². The molecule has 0 spiro atoms. The largest absolute Gasteiger partial charge is 0.491 e. The summed E-state index contributed by atoms with van der Waals surface area (Å²) in [5.74, 6) is 1.68. The SMILES string of the molecule is CC(C)C[C@](C)(N)COc1ccc(-c2ccnc(N(C)C(=O)O)c2)cc1CN(C)C. The number of nitrogens with two attached hydrogens (primary N) is 1. The van der Waals surface area contributed by atoms with E-state index in [0.29, 0.717) is 24.9 Å². The molecule has 7 heteroatoms. The number of ether oxygens (including phenoxy) is 1. The topological polar surface area (TPSA) is 91.9 Å². The Balaban J connectivity index is 2.32. The van der Waals surface area contributed by atoms with Gasteiger partial charge in [0.2, 0.25) is 0 Å². The summed E-state index contributed by atoms with van der Waals surface area (Å²) in [7, 11) is 5.49. The number of carbonyl (C=O) groups is 1. The first-order chi connectivity index (χ1) is 14.0. The van der Waals surface area contributed by atoms with Gasteiger partial charge >= 0.3 is 6.09 Å². The molecule has 1 heterocycles. The highest BCUT2D eigenvalue weighted by molar-refractivity contribution is 5.85. The fourth-order valence-corrected chi connectivity index (χ4v) is 3.48. The predicted molar refractivity (Wildman–Crippen MR) is 121 cm³/mol. The van der Waals surface area contributed by atoms with E-state index < -0.39 is 11.6 Å². The fraction of sp³-hybridized carbons (Fsp3) is 0.478. The molecule has 7 nitrogen and oxygen atoms in total. The molecule has 1 atom stereocenters. The van der Waals surface area contributed by atoms with E-state index in [1.165, 1.54) is 7.05 Å². The molecule has 0 aliphatic heterocycles. The third kappa shape index (κ3) is 6.71. The van der Waals surface area contributed by atoms with Gasteiger partial charge in [-0.25, -0.2) is 9.78 Å². The van der Waals surface area contributed by atoms with Crippen LogP contribution in [0.25, 0.3) is 11.1 Å². The molecule has 3 N–H and O–H groups in total. The molecule has 1 aromatic heterocycles. The zero-order valence-corrected chi connectivity index (χ0v) is 18.8. The minimum absolute atomic E-state index is 0.377. The summed E-state index contributed by atoms with van der Waals surface area (Å²) in [5.41, 5.74) is 8.92. The quantitative estimate of drug-likeness (QED) is 0.643. The van der Waals surface area contributed by atoms with Crippen LogP contribution in [0.15, 0.2) is 36.5 Å². The smallest absolute Gasteiger partial charge is 0.412 e. The van der Waals surface area contributed by atoms with Gasteiger partial charge in [0.05, 0.1) is 0 Å². The van der Waals surface area contributed by atoms with Gasteiger partial charge in [-0.1, -0.05) is 19.9 Å². The van der Waals surface area contributed by atoms with Gasteiger partial charge in [0.1, 0.15) is 18.2 Å². The minimum Gasteiger partial charge on any atom is -0.491 e. The first kappa shape index (κ1) is 23.6. The summed E-state index contributed by atoms with van der Waals surface area (Å²) in [6.07, 6.45) is 1.44. The van der Waals surface area contributed by atoms with Gasteiger partial charge in [0, 0.05) is 30.9 Å². The van der Waals surface area contributed by atoms with Crippen LogP contribution in [-0.4, -0.2) is 54.4 Å². The average molecular weight is 415 g/mol. The van der Waals surface area contributed by atoms with Crippen molar-refractivity contribution in [1.82, 2.24) is 9.88 Å². The van der Waals surface area contributed by atoms with Gasteiger partial charge in [0.15, 0.2) is 0 Å². The molecule has 2 aromatic rings. The van der Waals surface area contributed by atoms with Crippen LogP contribution in [0.3, 0.4) is 0 Å². The lowest BCUT2D eigenvalue weighted by Gasteiger charge is -2.27. The number of nitrogens with zero attached hydrogens (tertiary/aromatic N) is 3. The van der Waals surface area contributed by atoms with Gasteiger partial charge in [-0.15, -0.1) is 0 Å². The Morgan fingerprint density at radius 1 is 1.20 bits per heavy atom. The maximum Gasteiger partial charge on any atom is 0.412 e. The minimum atomic E-state index is -1.05. The average Bonchev–Trinajstić information content (AvgIpc) is 2.65. The number of rotatable bonds is 9. The number of benzene rings is 1. The highest BCUT2D eigenvalue weighted by Gasteiger charge is 2.22. The van der Waals surface area contributed by atoms with Crippen LogP contribution in [0.1, 0.15) is 32.8 Å². The Labute approximate surface area is 179 Å². The van der Waals surface area contributed by atoms with Crippen molar-refractivity contribution in [2.45, 2.75) is 39.3 Å². The Hall–Kier alpha value is -2.64. The molecule has 164 valence electrons. The molecule has 0 bridgehead atoms. The van der Waals surface area contributed by atoms with Gasteiger partial charge in [0.25, 0.3) is 0 Å². The summed E-state index contributed by atoms with van der Waals surface area (Å²) in [4.78, 5) is 18.6. The number of aromatic nitrogens is 1. The molecular weight excluding hydrogens is 380 g/mol. The number of carboxylic acid groups (broad SMARTS) is 1. The van der Waals surface area contributed by atoms with E-state index in [4.69, 9.17) is 10.5 Å². The van der Waals surface area contributed by atoms with Gasteiger partial charge < -0.3 is 20.5 Å². The van der Waals surface area contributed by atoms with Crippen molar-refractivity contribution >= 4 is 11.9 Å². The van der Waals surface area contributed by atoms with Crippen LogP contribution in [-0.2, 0) is 6.54 Å². The first-order valence-corrected chi connectivity index (χ1v) is 10.1. The molecule has 1 amide bonds.